The van der Waals surface area contributed by atoms with Crippen LogP contribution in [0.2, 0.25) is 0 Å². The minimum Gasteiger partial charge on any atom is -0.290 e. The first-order chi connectivity index (χ1) is 6.25. The van der Waals surface area contributed by atoms with Crippen molar-refractivity contribution in [1.82, 2.24) is 0 Å². The van der Waals surface area contributed by atoms with Crippen LogP contribution in [0, 0.1) is 5.92 Å². The van der Waals surface area contributed by atoms with Crippen LogP contribution in [-0.4, -0.2) is 23.2 Å². The molecule has 1 unspecified atom stereocenters. The molecule has 0 saturated carbocycles. The molecule has 1 N–H and O–H groups in total. The Labute approximate surface area is 81.2 Å². The van der Waals surface area contributed by atoms with Gasteiger partial charge in [-0.2, -0.15) is 8.78 Å². The second-order valence-corrected chi connectivity index (χ2v) is 3.97. The molecule has 0 aromatic rings. The highest BCUT2D eigenvalue weighted by atomic mass is 31.1. The fraction of sp³-hybridized carbons (Fsp3) is 0.857. The summed E-state index contributed by atoms with van der Waals surface area (Å²) >= 11 is 0. The average Bonchev–Trinajstić information content (AvgIpc) is 1.97. The zero-order valence-corrected chi connectivity index (χ0v) is 8.76. The van der Waals surface area contributed by atoms with Crippen LogP contribution >= 0.6 is 8.25 Å². The molecule has 0 saturated heterocycles. The van der Waals surface area contributed by atoms with Crippen LogP contribution in [0.1, 0.15) is 20.3 Å². The SMILES string of the molecule is CC(C)CC(F)(F)C(=O)CO[P+](=O)O. The Balaban J connectivity index is 4.14. The van der Waals surface area contributed by atoms with E-state index in [0.29, 0.717) is 0 Å². The normalized spacial score (nSPS) is 13.1. The van der Waals surface area contributed by atoms with Crippen LogP contribution in [-0.2, 0) is 13.9 Å². The van der Waals surface area contributed by atoms with Crippen molar-refractivity contribution in [3.8, 4) is 0 Å². The van der Waals surface area contributed by atoms with E-state index < -0.39 is 33.0 Å². The van der Waals surface area contributed by atoms with E-state index in [4.69, 9.17) is 4.89 Å². The number of carbonyl (C=O) groups excluding carboxylic acids is 1. The Morgan fingerprint density at radius 2 is 2.07 bits per heavy atom. The highest BCUT2D eigenvalue weighted by Crippen LogP contribution is 2.26. The van der Waals surface area contributed by atoms with Crippen LogP contribution in [0.25, 0.3) is 0 Å². The highest BCUT2D eigenvalue weighted by molar-refractivity contribution is 7.32. The third-order valence-electron chi connectivity index (χ3n) is 1.38. The van der Waals surface area contributed by atoms with Crippen molar-refractivity contribution >= 4 is 14.0 Å². The lowest BCUT2D eigenvalue weighted by Gasteiger charge is -2.15. The number of hydrogen-bond acceptors (Lipinski definition) is 3. The predicted molar refractivity (Wildman–Crippen MR) is 45.2 cm³/mol. The number of carbonyl (C=O) groups is 1. The standard InChI is InChI=1S/C7H11F2O4P/c1-5(2)3-7(8,9)6(10)4-13-14(11)12/h5H,3-4H2,1-2H3/p+1. The van der Waals surface area contributed by atoms with Crippen molar-refractivity contribution in [2.45, 2.75) is 26.2 Å². The largest absolute Gasteiger partial charge is 0.695 e. The first kappa shape index (κ1) is 13.5. The fourth-order valence-electron chi connectivity index (χ4n) is 0.846. The van der Waals surface area contributed by atoms with E-state index in [1.54, 1.807) is 13.8 Å². The third-order valence-corrected chi connectivity index (χ3v) is 1.73. The maximum absolute atomic E-state index is 12.9. The van der Waals surface area contributed by atoms with Crippen molar-refractivity contribution in [3.63, 3.8) is 0 Å². The molecule has 7 heteroatoms. The molecule has 4 nitrogen and oxygen atoms in total. The molecular weight excluding hydrogens is 217 g/mol. The van der Waals surface area contributed by atoms with E-state index in [-0.39, 0.29) is 5.92 Å². The van der Waals surface area contributed by atoms with Gasteiger partial charge in [0.1, 0.15) is 0 Å². The smallest absolute Gasteiger partial charge is 0.290 e. The Morgan fingerprint density at radius 3 is 2.43 bits per heavy atom. The van der Waals surface area contributed by atoms with E-state index in [1.807, 2.05) is 0 Å². The summed E-state index contributed by atoms with van der Waals surface area (Å²) in [4.78, 5) is 18.9. The second-order valence-electron chi connectivity index (χ2n) is 3.24. The molecule has 0 aliphatic rings. The first-order valence-corrected chi connectivity index (χ1v) is 5.09. The summed E-state index contributed by atoms with van der Waals surface area (Å²) < 4.78 is 39.7. The molecule has 0 aromatic heterocycles. The highest BCUT2D eigenvalue weighted by Gasteiger charge is 2.40. The molecule has 0 amide bonds. The van der Waals surface area contributed by atoms with Gasteiger partial charge in [0.15, 0.2) is 6.61 Å². The topological polar surface area (TPSA) is 63.6 Å². The second kappa shape index (κ2) is 5.44. The molecule has 0 spiro atoms. The lowest BCUT2D eigenvalue weighted by atomic mass is 10.0. The van der Waals surface area contributed by atoms with Gasteiger partial charge in [-0.05, 0) is 5.92 Å². The third kappa shape index (κ3) is 5.32. The summed E-state index contributed by atoms with van der Waals surface area (Å²) in [5.74, 6) is -5.29. The number of Topliss-reactive ketones (excluding diaryl/α,β-unsaturated/α-hetero) is 1. The molecule has 82 valence electrons. The number of halogens is 2. The van der Waals surface area contributed by atoms with Gasteiger partial charge >= 0.3 is 14.2 Å². The Bertz CT molecular complexity index is 230. The van der Waals surface area contributed by atoms with Crippen LogP contribution in [0.3, 0.4) is 0 Å². The van der Waals surface area contributed by atoms with Crippen molar-refractivity contribution in [1.29, 1.82) is 0 Å². The molecule has 0 heterocycles. The van der Waals surface area contributed by atoms with Crippen LogP contribution < -0.4 is 0 Å². The predicted octanol–water partition coefficient (Wildman–Crippen LogP) is 1.90. The molecule has 14 heavy (non-hydrogen) atoms. The van der Waals surface area contributed by atoms with Crippen LogP contribution in [0.15, 0.2) is 0 Å². The van der Waals surface area contributed by atoms with Crippen molar-refractivity contribution in [2.24, 2.45) is 5.92 Å². The van der Waals surface area contributed by atoms with Crippen molar-refractivity contribution in [3.05, 3.63) is 0 Å². The van der Waals surface area contributed by atoms with E-state index >= 15 is 0 Å². The van der Waals surface area contributed by atoms with E-state index in [0.717, 1.165) is 0 Å². The van der Waals surface area contributed by atoms with Crippen molar-refractivity contribution in [2.75, 3.05) is 6.61 Å². The molecule has 0 bridgehead atoms. The van der Waals surface area contributed by atoms with Crippen LogP contribution in [0.4, 0.5) is 8.78 Å². The van der Waals surface area contributed by atoms with Crippen molar-refractivity contribution < 1.29 is 27.6 Å². The summed E-state index contributed by atoms with van der Waals surface area (Å²) in [5.41, 5.74) is 0. The zero-order valence-electron chi connectivity index (χ0n) is 7.87. The van der Waals surface area contributed by atoms with Crippen LogP contribution in [0.5, 0.6) is 0 Å². The quantitative estimate of drug-likeness (QED) is 0.706. The summed E-state index contributed by atoms with van der Waals surface area (Å²) in [6.07, 6.45) is -0.586. The van der Waals surface area contributed by atoms with Gasteiger partial charge in [-0.25, -0.2) is 0 Å². The minimum absolute atomic E-state index is 0.336. The minimum atomic E-state index is -3.49. The number of rotatable bonds is 6. The maximum Gasteiger partial charge on any atom is 0.695 e. The fourth-order valence-corrected chi connectivity index (χ4v) is 1.07. The average molecular weight is 229 g/mol. The molecule has 1 atom stereocenters. The Morgan fingerprint density at radius 1 is 1.57 bits per heavy atom. The van der Waals surface area contributed by atoms with Gasteiger partial charge in [0.25, 0.3) is 0 Å². The summed E-state index contributed by atoms with van der Waals surface area (Å²) in [7, 11) is -3.00. The Hall–Kier alpha value is -0.450. The monoisotopic (exact) mass is 229 g/mol. The van der Waals surface area contributed by atoms with Gasteiger partial charge in [0, 0.05) is 11.0 Å². The summed E-state index contributed by atoms with van der Waals surface area (Å²) in [5, 5.41) is 0. The van der Waals surface area contributed by atoms with Gasteiger partial charge in [0.2, 0.25) is 5.78 Å². The first-order valence-electron chi connectivity index (χ1n) is 3.96. The molecule has 0 radical (unpaired) electrons. The van der Waals surface area contributed by atoms with Gasteiger partial charge in [-0.1, -0.05) is 13.8 Å². The lowest BCUT2D eigenvalue weighted by Crippen LogP contribution is -2.33. The van der Waals surface area contributed by atoms with Gasteiger partial charge in [0.05, 0.1) is 0 Å². The molecule has 0 aromatic carbocycles. The maximum atomic E-state index is 12.9. The number of ketones is 1. The Kier molecular flexibility index (Phi) is 5.26. The van der Waals surface area contributed by atoms with E-state index in [9.17, 15) is 18.1 Å². The van der Waals surface area contributed by atoms with E-state index in [2.05, 4.69) is 4.52 Å². The summed E-state index contributed by atoms with van der Waals surface area (Å²) in [6.45, 7) is 2.06. The van der Waals surface area contributed by atoms with Gasteiger partial charge < -0.3 is 0 Å². The molecule has 0 rings (SSSR count). The molecular formula is C7H12F2O4P+. The zero-order chi connectivity index (χ0) is 11.4. The number of hydrogen-bond donors (Lipinski definition) is 1. The molecule has 0 fully saturated rings. The van der Waals surface area contributed by atoms with E-state index in [1.165, 1.54) is 0 Å². The van der Waals surface area contributed by atoms with Gasteiger partial charge in [-0.15, -0.1) is 9.42 Å². The molecule has 0 aliphatic carbocycles. The molecule has 0 aliphatic heterocycles. The van der Waals surface area contributed by atoms with Gasteiger partial charge in [-0.3, -0.25) is 4.79 Å². The lowest BCUT2D eigenvalue weighted by molar-refractivity contribution is -0.147. The number of alkyl halides is 2. The summed E-state index contributed by atoms with van der Waals surface area (Å²) in [6, 6.07) is 0.